The van der Waals surface area contributed by atoms with Gasteiger partial charge in [0.15, 0.2) is 5.96 Å². The van der Waals surface area contributed by atoms with Crippen molar-refractivity contribution in [1.29, 1.82) is 0 Å². The highest BCUT2D eigenvalue weighted by atomic mass is 19.1. The van der Waals surface area contributed by atoms with Crippen molar-refractivity contribution in [2.75, 3.05) is 27.3 Å². The van der Waals surface area contributed by atoms with Gasteiger partial charge in [0.25, 0.3) is 0 Å². The fourth-order valence-electron chi connectivity index (χ4n) is 2.66. The molecule has 1 aromatic heterocycles. The maximum atomic E-state index is 13.0. The van der Waals surface area contributed by atoms with Gasteiger partial charge in [-0.1, -0.05) is 0 Å². The molecular formula is C23H25FN4O3. The number of methoxy groups -OCH3 is 1. The van der Waals surface area contributed by atoms with E-state index in [9.17, 15) is 4.39 Å². The van der Waals surface area contributed by atoms with Crippen LogP contribution in [0.4, 0.5) is 4.39 Å². The molecule has 0 atom stereocenters. The number of aliphatic imine (C=N–C) groups is 1. The van der Waals surface area contributed by atoms with Crippen molar-refractivity contribution >= 4 is 5.96 Å². The third kappa shape index (κ3) is 7.18. The number of nitrogens with zero attached hydrogens (tertiary/aromatic N) is 2. The molecule has 31 heavy (non-hydrogen) atoms. The lowest BCUT2D eigenvalue weighted by atomic mass is 10.2. The van der Waals surface area contributed by atoms with Crippen LogP contribution in [0.25, 0.3) is 0 Å². The molecule has 0 radical (unpaired) electrons. The zero-order chi connectivity index (χ0) is 21.9. The summed E-state index contributed by atoms with van der Waals surface area (Å²) in [5.41, 5.74) is 0.963. The molecule has 0 spiro atoms. The first-order chi connectivity index (χ1) is 15.2. The highest BCUT2D eigenvalue weighted by Gasteiger charge is 2.03. The standard InChI is InChI=1S/C23H25FN4O3/c1-25-23(27-13-14-30-20-9-7-19(29-2)8-10-20)28-16-17-11-12-26-22(15-17)31-21-5-3-18(24)4-6-21/h3-12,15H,13-14,16H2,1-2H3,(H2,25,27,28). The second-order valence-electron chi connectivity index (χ2n) is 6.43. The Labute approximate surface area is 180 Å². The monoisotopic (exact) mass is 424 g/mol. The molecule has 0 amide bonds. The van der Waals surface area contributed by atoms with E-state index in [0.29, 0.717) is 37.3 Å². The smallest absolute Gasteiger partial charge is 0.219 e. The molecule has 2 aromatic carbocycles. The van der Waals surface area contributed by atoms with Crippen molar-refractivity contribution in [3.05, 3.63) is 78.2 Å². The van der Waals surface area contributed by atoms with Crippen LogP contribution < -0.4 is 24.8 Å². The zero-order valence-corrected chi connectivity index (χ0v) is 17.5. The molecule has 0 fully saturated rings. The second kappa shape index (κ2) is 11.4. The molecule has 162 valence electrons. The van der Waals surface area contributed by atoms with Gasteiger partial charge in [-0.3, -0.25) is 4.99 Å². The summed E-state index contributed by atoms with van der Waals surface area (Å²) in [4.78, 5) is 8.40. The van der Waals surface area contributed by atoms with Crippen LogP contribution in [0.2, 0.25) is 0 Å². The lowest BCUT2D eigenvalue weighted by molar-refractivity contribution is 0.321. The average Bonchev–Trinajstić information content (AvgIpc) is 2.81. The first-order valence-electron chi connectivity index (χ1n) is 9.76. The van der Waals surface area contributed by atoms with E-state index >= 15 is 0 Å². The minimum absolute atomic E-state index is 0.313. The molecule has 7 nitrogen and oxygen atoms in total. The maximum absolute atomic E-state index is 13.0. The van der Waals surface area contributed by atoms with Crippen LogP contribution in [0.5, 0.6) is 23.1 Å². The summed E-state index contributed by atoms with van der Waals surface area (Å²) in [5, 5.41) is 6.43. The van der Waals surface area contributed by atoms with Crippen molar-refractivity contribution in [3.63, 3.8) is 0 Å². The van der Waals surface area contributed by atoms with Crippen molar-refractivity contribution in [3.8, 4) is 23.1 Å². The lowest BCUT2D eigenvalue weighted by Gasteiger charge is -2.13. The van der Waals surface area contributed by atoms with Crippen LogP contribution in [0.3, 0.4) is 0 Å². The largest absolute Gasteiger partial charge is 0.497 e. The molecule has 0 bridgehead atoms. The van der Waals surface area contributed by atoms with E-state index in [-0.39, 0.29) is 5.82 Å². The Bertz CT molecular complexity index is 979. The van der Waals surface area contributed by atoms with Crippen LogP contribution in [0.1, 0.15) is 5.56 Å². The summed E-state index contributed by atoms with van der Waals surface area (Å²) < 4.78 is 29.5. The van der Waals surface area contributed by atoms with E-state index in [1.165, 1.54) is 12.1 Å². The molecule has 0 saturated carbocycles. The molecule has 3 aromatic rings. The first-order valence-corrected chi connectivity index (χ1v) is 9.76. The van der Waals surface area contributed by atoms with Crippen LogP contribution >= 0.6 is 0 Å². The number of benzene rings is 2. The van der Waals surface area contributed by atoms with Crippen LogP contribution in [-0.4, -0.2) is 38.3 Å². The Hall–Kier alpha value is -3.81. The van der Waals surface area contributed by atoms with E-state index < -0.39 is 0 Å². The summed E-state index contributed by atoms with van der Waals surface area (Å²) >= 11 is 0. The molecule has 2 N–H and O–H groups in total. The maximum Gasteiger partial charge on any atom is 0.219 e. The summed E-state index contributed by atoms with van der Waals surface area (Å²) in [5.74, 6) is 2.85. The lowest BCUT2D eigenvalue weighted by Crippen LogP contribution is -2.38. The summed E-state index contributed by atoms with van der Waals surface area (Å²) in [6.45, 7) is 1.60. The molecule has 0 aliphatic heterocycles. The van der Waals surface area contributed by atoms with Crippen molar-refractivity contribution < 1.29 is 18.6 Å². The van der Waals surface area contributed by atoms with Crippen molar-refractivity contribution in [2.24, 2.45) is 4.99 Å². The normalized spacial score (nSPS) is 11.0. The van der Waals surface area contributed by atoms with Gasteiger partial charge in [0.2, 0.25) is 5.88 Å². The Kier molecular flexibility index (Phi) is 8.05. The molecule has 8 heteroatoms. The van der Waals surface area contributed by atoms with Gasteiger partial charge in [-0.2, -0.15) is 0 Å². The van der Waals surface area contributed by atoms with E-state index in [2.05, 4.69) is 20.6 Å². The number of rotatable bonds is 9. The molecule has 3 rings (SSSR count). The van der Waals surface area contributed by atoms with Crippen LogP contribution in [0, 0.1) is 5.82 Å². The second-order valence-corrected chi connectivity index (χ2v) is 6.43. The van der Waals surface area contributed by atoms with E-state index in [1.807, 2.05) is 36.4 Å². The Morgan fingerprint density at radius 1 is 0.968 bits per heavy atom. The number of nitrogens with one attached hydrogen (secondary N) is 2. The third-order valence-corrected chi connectivity index (χ3v) is 4.24. The number of guanidine groups is 1. The average molecular weight is 424 g/mol. The fourth-order valence-corrected chi connectivity index (χ4v) is 2.66. The third-order valence-electron chi connectivity index (χ3n) is 4.24. The number of hydrogen-bond donors (Lipinski definition) is 2. The van der Waals surface area contributed by atoms with E-state index in [4.69, 9.17) is 14.2 Å². The minimum Gasteiger partial charge on any atom is -0.497 e. The topological polar surface area (TPSA) is 77.0 Å². The molecule has 0 aliphatic rings. The van der Waals surface area contributed by atoms with Gasteiger partial charge in [0.05, 0.1) is 13.7 Å². The molecular weight excluding hydrogens is 399 g/mol. The molecule has 0 aliphatic carbocycles. The number of aromatic nitrogens is 1. The van der Waals surface area contributed by atoms with E-state index in [1.54, 1.807) is 32.5 Å². The number of ether oxygens (including phenoxy) is 3. The molecule has 1 heterocycles. The number of halogens is 1. The predicted octanol–water partition coefficient (Wildman–Crippen LogP) is 3.77. The molecule has 0 saturated heterocycles. The minimum atomic E-state index is -0.313. The van der Waals surface area contributed by atoms with Gasteiger partial charge in [0.1, 0.15) is 29.7 Å². The van der Waals surface area contributed by atoms with Crippen LogP contribution in [0.15, 0.2) is 71.9 Å². The van der Waals surface area contributed by atoms with Crippen molar-refractivity contribution in [2.45, 2.75) is 6.54 Å². The Balaban J connectivity index is 1.42. The summed E-state index contributed by atoms with van der Waals surface area (Å²) in [7, 11) is 3.33. The first kappa shape index (κ1) is 21.9. The summed E-state index contributed by atoms with van der Waals surface area (Å²) in [6.07, 6.45) is 1.66. The van der Waals surface area contributed by atoms with Gasteiger partial charge in [-0.05, 0) is 60.2 Å². The predicted molar refractivity (Wildman–Crippen MR) is 117 cm³/mol. The Morgan fingerprint density at radius 2 is 1.68 bits per heavy atom. The summed E-state index contributed by atoms with van der Waals surface area (Å²) in [6, 6.07) is 16.9. The Morgan fingerprint density at radius 3 is 2.39 bits per heavy atom. The molecule has 0 unspecified atom stereocenters. The highest BCUT2D eigenvalue weighted by molar-refractivity contribution is 5.79. The highest BCUT2D eigenvalue weighted by Crippen LogP contribution is 2.20. The zero-order valence-electron chi connectivity index (χ0n) is 17.5. The number of pyridine rings is 1. The fraction of sp³-hybridized carbons (Fsp3) is 0.217. The number of hydrogen-bond acceptors (Lipinski definition) is 5. The van der Waals surface area contributed by atoms with Gasteiger partial charge in [-0.25, -0.2) is 9.37 Å². The van der Waals surface area contributed by atoms with E-state index in [0.717, 1.165) is 17.1 Å². The SMILES string of the molecule is CN=C(NCCOc1ccc(OC)cc1)NCc1ccnc(Oc2ccc(F)cc2)c1. The van der Waals surface area contributed by atoms with Crippen LogP contribution in [-0.2, 0) is 6.54 Å². The van der Waals surface area contributed by atoms with Gasteiger partial charge >= 0.3 is 0 Å². The van der Waals surface area contributed by atoms with Gasteiger partial charge in [-0.15, -0.1) is 0 Å². The van der Waals surface area contributed by atoms with Gasteiger partial charge < -0.3 is 24.8 Å². The quantitative estimate of drug-likeness (QED) is 0.309. The van der Waals surface area contributed by atoms with Crippen molar-refractivity contribution in [1.82, 2.24) is 15.6 Å². The van der Waals surface area contributed by atoms with Gasteiger partial charge in [0, 0.05) is 25.9 Å².